The minimum Gasteiger partial charge on any atom is -0.310 e. The molecule has 0 bridgehead atoms. The second-order valence-electron chi connectivity index (χ2n) is 6.08. The monoisotopic (exact) mass is 285 g/mol. The summed E-state index contributed by atoms with van der Waals surface area (Å²) in [6.45, 7) is 5.17. The van der Waals surface area contributed by atoms with Crippen LogP contribution < -0.4 is 5.32 Å². The number of nitrogens with one attached hydrogen (secondary N) is 1. The third-order valence-electron chi connectivity index (χ3n) is 4.28. The molecule has 1 aromatic carbocycles. The van der Waals surface area contributed by atoms with Crippen molar-refractivity contribution in [2.45, 2.75) is 51.9 Å². The number of benzene rings is 1. The first-order valence-electron chi connectivity index (χ1n) is 7.26. The van der Waals surface area contributed by atoms with Crippen molar-refractivity contribution < 1.29 is 13.2 Å². The van der Waals surface area contributed by atoms with Crippen LogP contribution in [0.15, 0.2) is 24.3 Å². The van der Waals surface area contributed by atoms with Gasteiger partial charge in [0.2, 0.25) is 0 Å². The normalized spacial score (nSPS) is 27.6. The van der Waals surface area contributed by atoms with Gasteiger partial charge >= 0.3 is 6.18 Å². The van der Waals surface area contributed by atoms with E-state index in [-0.39, 0.29) is 0 Å². The fraction of sp³-hybridized carbons (Fsp3) is 0.625. The number of rotatable bonds is 3. The standard InChI is InChI=1S/C16H22F3N/c1-11-3-8-15(12(2)9-11)20-10-13-4-6-14(7-5-13)16(17,18)19/h4-7,11-12,15,20H,3,8-10H2,1-2H3. The predicted molar refractivity (Wildman–Crippen MR) is 74.3 cm³/mol. The topological polar surface area (TPSA) is 12.0 Å². The highest BCUT2D eigenvalue weighted by Crippen LogP contribution is 2.30. The van der Waals surface area contributed by atoms with Crippen LogP contribution in [-0.2, 0) is 12.7 Å². The Hall–Kier alpha value is -1.03. The van der Waals surface area contributed by atoms with E-state index in [2.05, 4.69) is 19.2 Å². The number of hydrogen-bond donors (Lipinski definition) is 1. The zero-order valence-electron chi connectivity index (χ0n) is 12.0. The highest BCUT2D eigenvalue weighted by molar-refractivity contribution is 5.24. The third kappa shape index (κ3) is 3.98. The van der Waals surface area contributed by atoms with Gasteiger partial charge in [0.15, 0.2) is 0 Å². The molecule has 0 spiro atoms. The molecule has 1 aliphatic rings. The molecule has 0 aliphatic heterocycles. The van der Waals surface area contributed by atoms with Gasteiger partial charge in [-0.05, 0) is 48.8 Å². The fourth-order valence-corrected chi connectivity index (χ4v) is 3.03. The van der Waals surface area contributed by atoms with E-state index in [9.17, 15) is 13.2 Å². The second kappa shape index (κ2) is 6.17. The molecular formula is C16H22F3N. The lowest BCUT2D eigenvalue weighted by atomic mass is 9.80. The smallest absolute Gasteiger partial charge is 0.310 e. The lowest BCUT2D eigenvalue weighted by molar-refractivity contribution is -0.137. The van der Waals surface area contributed by atoms with Crippen molar-refractivity contribution in [2.24, 2.45) is 11.8 Å². The molecule has 1 saturated carbocycles. The van der Waals surface area contributed by atoms with Crippen LogP contribution in [0.4, 0.5) is 13.2 Å². The van der Waals surface area contributed by atoms with Crippen LogP contribution in [0.25, 0.3) is 0 Å². The summed E-state index contributed by atoms with van der Waals surface area (Å²) in [6.07, 6.45) is -0.636. The first-order valence-corrected chi connectivity index (χ1v) is 7.26. The summed E-state index contributed by atoms with van der Waals surface area (Å²) in [5, 5.41) is 3.49. The maximum absolute atomic E-state index is 12.5. The van der Waals surface area contributed by atoms with Crippen LogP contribution in [0.1, 0.15) is 44.2 Å². The van der Waals surface area contributed by atoms with E-state index in [1.807, 2.05) is 0 Å². The summed E-state index contributed by atoms with van der Waals surface area (Å²) < 4.78 is 37.4. The fourth-order valence-electron chi connectivity index (χ4n) is 3.03. The van der Waals surface area contributed by atoms with Gasteiger partial charge < -0.3 is 5.32 Å². The maximum Gasteiger partial charge on any atom is 0.416 e. The second-order valence-corrected chi connectivity index (χ2v) is 6.08. The molecule has 0 aromatic heterocycles. The summed E-state index contributed by atoms with van der Waals surface area (Å²) >= 11 is 0. The zero-order valence-corrected chi connectivity index (χ0v) is 12.0. The van der Waals surface area contributed by atoms with Crippen LogP contribution in [0.5, 0.6) is 0 Å². The summed E-state index contributed by atoms with van der Waals surface area (Å²) in [4.78, 5) is 0. The molecule has 1 N–H and O–H groups in total. The molecule has 1 aromatic rings. The van der Waals surface area contributed by atoms with Gasteiger partial charge in [0.1, 0.15) is 0 Å². The molecule has 1 aliphatic carbocycles. The molecule has 1 fully saturated rings. The first kappa shape index (κ1) is 15.4. The molecule has 0 heterocycles. The molecular weight excluding hydrogens is 263 g/mol. The Morgan fingerprint density at radius 3 is 2.30 bits per heavy atom. The van der Waals surface area contributed by atoms with Gasteiger partial charge in [0.25, 0.3) is 0 Å². The van der Waals surface area contributed by atoms with E-state index in [0.717, 1.165) is 30.0 Å². The molecule has 3 atom stereocenters. The predicted octanol–water partition coefficient (Wildman–Crippen LogP) is 4.62. The maximum atomic E-state index is 12.5. The van der Waals surface area contributed by atoms with E-state index in [0.29, 0.717) is 18.5 Å². The lowest BCUT2D eigenvalue weighted by Gasteiger charge is -2.33. The van der Waals surface area contributed by atoms with E-state index in [4.69, 9.17) is 0 Å². The zero-order chi connectivity index (χ0) is 14.8. The van der Waals surface area contributed by atoms with Crippen molar-refractivity contribution in [1.82, 2.24) is 5.32 Å². The average Bonchev–Trinajstić information content (AvgIpc) is 2.37. The largest absolute Gasteiger partial charge is 0.416 e. The number of halogens is 3. The SMILES string of the molecule is CC1CCC(NCc2ccc(C(F)(F)F)cc2)C(C)C1. The van der Waals surface area contributed by atoms with Crippen molar-refractivity contribution in [2.75, 3.05) is 0 Å². The third-order valence-corrected chi connectivity index (χ3v) is 4.28. The Balaban J connectivity index is 1.88. The molecule has 20 heavy (non-hydrogen) atoms. The van der Waals surface area contributed by atoms with Crippen molar-refractivity contribution in [1.29, 1.82) is 0 Å². The van der Waals surface area contributed by atoms with Crippen molar-refractivity contribution >= 4 is 0 Å². The van der Waals surface area contributed by atoms with Crippen LogP contribution >= 0.6 is 0 Å². The first-order chi connectivity index (χ1) is 9.36. The molecule has 4 heteroatoms. The minimum absolute atomic E-state index is 0.480. The Morgan fingerprint density at radius 1 is 1.10 bits per heavy atom. The van der Waals surface area contributed by atoms with E-state index in [1.54, 1.807) is 12.1 Å². The molecule has 1 nitrogen and oxygen atoms in total. The van der Waals surface area contributed by atoms with Crippen LogP contribution in [0.2, 0.25) is 0 Å². The van der Waals surface area contributed by atoms with Gasteiger partial charge in [-0.2, -0.15) is 13.2 Å². The summed E-state index contributed by atoms with van der Waals surface area (Å²) in [5.41, 5.74) is 0.324. The Kier molecular flexibility index (Phi) is 4.74. The molecule has 0 radical (unpaired) electrons. The van der Waals surface area contributed by atoms with Crippen LogP contribution in [-0.4, -0.2) is 6.04 Å². The van der Waals surface area contributed by atoms with Crippen LogP contribution in [0.3, 0.4) is 0 Å². The highest BCUT2D eigenvalue weighted by atomic mass is 19.4. The molecule has 0 amide bonds. The van der Waals surface area contributed by atoms with E-state index in [1.165, 1.54) is 12.8 Å². The minimum atomic E-state index is -4.25. The van der Waals surface area contributed by atoms with Gasteiger partial charge in [0, 0.05) is 12.6 Å². The van der Waals surface area contributed by atoms with E-state index < -0.39 is 11.7 Å². The molecule has 0 saturated heterocycles. The van der Waals surface area contributed by atoms with Gasteiger partial charge in [-0.1, -0.05) is 26.0 Å². The van der Waals surface area contributed by atoms with Crippen molar-refractivity contribution in [3.8, 4) is 0 Å². The Labute approximate surface area is 118 Å². The van der Waals surface area contributed by atoms with Crippen molar-refractivity contribution in [3.05, 3.63) is 35.4 Å². The summed E-state index contributed by atoms with van der Waals surface area (Å²) in [5.74, 6) is 1.42. The molecule has 2 rings (SSSR count). The quantitative estimate of drug-likeness (QED) is 0.854. The lowest BCUT2D eigenvalue weighted by Crippen LogP contribution is -2.38. The van der Waals surface area contributed by atoms with Crippen LogP contribution in [0, 0.1) is 11.8 Å². The Bertz CT molecular complexity index is 424. The molecule has 112 valence electrons. The van der Waals surface area contributed by atoms with Gasteiger partial charge in [0.05, 0.1) is 5.56 Å². The number of hydrogen-bond acceptors (Lipinski definition) is 1. The summed E-state index contributed by atoms with van der Waals surface area (Å²) in [6, 6.07) is 5.92. The highest BCUT2D eigenvalue weighted by Gasteiger charge is 2.30. The van der Waals surface area contributed by atoms with Gasteiger partial charge in [-0.3, -0.25) is 0 Å². The van der Waals surface area contributed by atoms with Crippen molar-refractivity contribution in [3.63, 3.8) is 0 Å². The van der Waals surface area contributed by atoms with Gasteiger partial charge in [-0.15, -0.1) is 0 Å². The van der Waals surface area contributed by atoms with Gasteiger partial charge in [-0.25, -0.2) is 0 Å². The summed E-state index contributed by atoms with van der Waals surface area (Å²) in [7, 11) is 0. The molecule has 3 unspecified atom stereocenters. The van der Waals surface area contributed by atoms with E-state index >= 15 is 0 Å². The average molecular weight is 285 g/mol. The number of alkyl halides is 3. The Morgan fingerprint density at radius 2 is 1.75 bits per heavy atom.